The number of fused-ring (bicyclic) bond motifs is 2. The summed E-state index contributed by atoms with van der Waals surface area (Å²) < 4.78 is 12.4. The molecule has 0 radical (unpaired) electrons. The molecule has 9 nitrogen and oxygen atoms in total. The molecule has 2 fully saturated rings. The van der Waals surface area contributed by atoms with Gasteiger partial charge in [-0.15, -0.1) is 0 Å². The van der Waals surface area contributed by atoms with Crippen molar-refractivity contribution >= 4 is 18.2 Å². The number of aliphatic hydroxyl groups excluding tert-OH is 1. The standard InChI is InChI=1S/C26H42N4O5/c1-17(2)16-35-24-21(14-27-30(24)11-10-26(3,4)29(5)25(33)34-6)23(32)28-22-19-8-7-9-20(22)13-18(12-19)15-31/h10-11,14,17-20,22,31H,7-9,12-13,15-16H2,1-6H3,(H,28,32)/b11-10+. The Hall–Kier alpha value is -2.55. The van der Waals surface area contributed by atoms with Gasteiger partial charge < -0.3 is 24.8 Å². The number of amides is 2. The van der Waals surface area contributed by atoms with Crippen LogP contribution in [0, 0.1) is 23.7 Å². The van der Waals surface area contributed by atoms with Crippen molar-refractivity contribution in [3.63, 3.8) is 0 Å². The summed E-state index contributed by atoms with van der Waals surface area (Å²) in [5, 5.41) is 17.4. The van der Waals surface area contributed by atoms with Crippen LogP contribution in [0.1, 0.15) is 70.2 Å². The summed E-state index contributed by atoms with van der Waals surface area (Å²) in [6.45, 7) is 8.53. The van der Waals surface area contributed by atoms with Crippen LogP contribution in [0.15, 0.2) is 12.3 Å². The van der Waals surface area contributed by atoms with E-state index in [9.17, 15) is 14.7 Å². The fourth-order valence-electron chi connectivity index (χ4n) is 5.22. The van der Waals surface area contributed by atoms with E-state index in [-0.39, 0.29) is 24.5 Å². The third kappa shape index (κ3) is 6.37. The summed E-state index contributed by atoms with van der Waals surface area (Å²) in [6.07, 6.45) is 9.90. The minimum Gasteiger partial charge on any atom is -0.477 e. The highest BCUT2D eigenvalue weighted by molar-refractivity contribution is 5.96. The number of nitrogens with one attached hydrogen (secondary N) is 1. The van der Waals surface area contributed by atoms with Crippen molar-refractivity contribution in [1.29, 1.82) is 0 Å². The molecule has 2 aliphatic carbocycles. The van der Waals surface area contributed by atoms with Crippen LogP contribution in [-0.4, -0.2) is 70.7 Å². The van der Waals surface area contributed by atoms with E-state index in [2.05, 4.69) is 10.4 Å². The average Bonchev–Trinajstić information content (AvgIpc) is 3.23. The second kappa shape index (κ2) is 11.5. The van der Waals surface area contributed by atoms with E-state index in [0.29, 0.717) is 35.8 Å². The predicted octanol–water partition coefficient (Wildman–Crippen LogP) is 3.78. The zero-order valence-electron chi connectivity index (χ0n) is 22.0. The Morgan fingerprint density at radius 2 is 1.97 bits per heavy atom. The molecule has 196 valence electrons. The number of methoxy groups -OCH3 is 1. The Labute approximate surface area is 208 Å². The minimum absolute atomic E-state index is 0.114. The highest BCUT2D eigenvalue weighted by Crippen LogP contribution is 2.43. The third-order valence-corrected chi connectivity index (χ3v) is 7.48. The zero-order valence-corrected chi connectivity index (χ0v) is 22.0. The van der Waals surface area contributed by atoms with E-state index >= 15 is 0 Å². The van der Waals surface area contributed by atoms with Gasteiger partial charge in [-0.1, -0.05) is 20.3 Å². The molecule has 2 N–H and O–H groups in total. The van der Waals surface area contributed by atoms with Crippen molar-refractivity contribution < 1.29 is 24.2 Å². The lowest BCUT2D eigenvalue weighted by atomic mass is 9.65. The molecule has 0 aliphatic heterocycles. The molecule has 0 saturated heterocycles. The van der Waals surface area contributed by atoms with E-state index in [1.54, 1.807) is 24.1 Å². The molecule has 0 aromatic carbocycles. The van der Waals surface area contributed by atoms with Crippen LogP contribution >= 0.6 is 0 Å². The van der Waals surface area contributed by atoms with Crippen LogP contribution in [0.2, 0.25) is 0 Å². The first-order valence-corrected chi connectivity index (χ1v) is 12.7. The summed E-state index contributed by atoms with van der Waals surface area (Å²) in [6, 6.07) is 0.114. The minimum atomic E-state index is -0.653. The van der Waals surface area contributed by atoms with Crippen molar-refractivity contribution in [2.24, 2.45) is 23.7 Å². The topological polar surface area (TPSA) is 106 Å². The summed E-state index contributed by atoms with van der Waals surface area (Å²) >= 11 is 0. The summed E-state index contributed by atoms with van der Waals surface area (Å²) in [7, 11) is 3.01. The van der Waals surface area contributed by atoms with Crippen LogP contribution in [-0.2, 0) is 4.74 Å². The SMILES string of the molecule is COC(=O)N(C)C(C)(C)/C=C/n1ncc(C(=O)NC2C3CCCC2CC(CO)C3)c1OCC(C)C. The van der Waals surface area contributed by atoms with Gasteiger partial charge in [0.15, 0.2) is 0 Å². The number of rotatable bonds is 9. The fourth-order valence-corrected chi connectivity index (χ4v) is 5.22. The molecule has 35 heavy (non-hydrogen) atoms. The van der Waals surface area contributed by atoms with E-state index < -0.39 is 11.6 Å². The van der Waals surface area contributed by atoms with Crippen molar-refractivity contribution in [1.82, 2.24) is 20.0 Å². The van der Waals surface area contributed by atoms with E-state index in [1.165, 1.54) is 18.4 Å². The van der Waals surface area contributed by atoms with Crippen LogP contribution in [0.3, 0.4) is 0 Å². The fraction of sp³-hybridized carbons (Fsp3) is 0.731. The van der Waals surface area contributed by atoms with Crippen LogP contribution in [0.5, 0.6) is 5.88 Å². The number of aliphatic hydroxyl groups is 1. The molecular weight excluding hydrogens is 448 g/mol. The quantitative estimate of drug-likeness (QED) is 0.546. The van der Waals surface area contributed by atoms with Gasteiger partial charge in [-0.05, 0) is 69.3 Å². The molecule has 1 aromatic rings. The Morgan fingerprint density at radius 3 is 2.54 bits per heavy atom. The van der Waals surface area contributed by atoms with Gasteiger partial charge in [-0.25, -0.2) is 9.48 Å². The van der Waals surface area contributed by atoms with Crippen molar-refractivity contribution in [2.75, 3.05) is 27.4 Å². The molecule has 2 aliphatic rings. The second-order valence-corrected chi connectivity index (χ2v) is 11.0. The smallest absolute Gasteiger partial charge is 0.409 e. The normalized spacial score (nSPS) is 24.5. The van der Waals surface area contributed by atoms with E-state index in [4.69, 9.17) is 9.47 Å². The Kier molecular flexibility index (Phi) is 8.85. The number of carbonyl (C=O) groups excluding carboxylic acids is 2. The molecule has 1 heterocycles. The molecule has 9 heteroatoms. The van der Waals surface area contributed by atoms with Gasteiger partial charge in [0.2, 0.25) is 5.88 Å². The van der Waals surface area contributed by atoms with Crippen LogP contribution in [0.25, 0.3) is 6.20 Å². The molecule has 2 saturated carbocycles. The number of nitrogens with zero attached hydrogens (tertiary/aromatic N) is 3. The number of hydrogen-bond acceptors (Lipinski definition) is 6. The Bertz CT molecular complexity index is 896. The van der Waals surface area contributed by atoms with E-state index in [1.807, 2.05) is 33.8 Å². The average molecular weight is 491 g/mol. The van der Waals surface area contributed by atoms with Crippen molar-refractivity contribution in [3.8, 4) is 5.88 Å². The van der Waals surface area contributed by atoms with Gasteiger partial charge in [0, 0.05) is 25.9 Å². The van der Waals surface area contributed by atoms with Gasteiger partial charge in [0.05, 0.1) is 25.5 Å². The first-order valence-electron chi connectivity index (χ1n) is 12.7. The maximum absolute atomic E-state index is 13.4. The van der Waals surface area contributed by atoms with Crippen LogP contribution in [0.4, 0.5) is 4.79 Å². The summed E-state index contributed by atoms with van der Waals surface area (Å²) in [5.41, 5.74) is -0.253. The van der Waals surface area contributed by atoms with Gasteiger partial charge >= 0.3 is 6.09 Å². The Morgan fingerprint density at radius 1 is 1.31 bits per heavy atom. The monoisotopic (exact) mass is 490 g/mol. The first-order chi connectivity index (χ1) is 16.6. The lowest BCUT2D eigenvalue weighted by Gasteiger charge is -2.45. The summed E-state index contributed by atoms with van der Waals surface area (Å²) in [4.78, 5) is 26.9. The van der Waals surface area contributed by atoms with Gasteiger partial charge in [0.1, 0.15) is 5.56 Å². The highest BCUT2D eigenvalue weighted by Gasteiger charge is 2.41. The number of ether oxygens (including phenoxy) is 2. The largest absolute Gasteiger partial charge is 0.477 e. The molecular formula is C26H42N4O5. The predicted molar refractivity (Wildman–Crippen MR) is 134 cm³/mol. The maximum atomic E-state index is 13.4. The highest BCUT2D eigenvalue weighted by atomic mass is 16.5. The van der Waals surface area contributed by atoms with Crippen LogP contribution < -0.4 is 10.1 Å². The summed E-state index contributed by atoms with van der Waals surface area (Å²) in [5.74, 6) is 1.61. The lowest BCUT2D eigenvalue weighted by Crippen LogP contribution is -2.51. The third-order valence-electron chi connectivity index (χ3n) is 7.48. The molecule has 2 atom stereocenters. The second-order valence-electron chi connectivity index (χ2n) is 11.0. The number of likely N-dealkylation sites (N-methyl/N-ethyl adjacent to an activating group) is 1. The number of hydrogen-bond donors (Lipinski definition) is 2. The van der Waals surface area contributed by atoms with Gasteiger partial charge in [-0.3, -0.25) is 4.79 Å². The van der Waals surface area contributed by atoms with E-state index in [0.717, 1.165) is 25.7 Å². The van der Waals surface area contributed by atoms with Crippen molar-refractivity contribution in [3.05, 3.63) is 17.8 Å². The first kappa shape index (κ1) is 27.0. The molecule has 1 aromatic heterocycles. The number of aromatic nitrogens is 2. The molecule has 3 rings (SSSR count). The van der Waals surface area contributed by atoms with Gasteiger partial charge in [0.25, 0.3) is 5.91 Å². The Balaban J connectivity index is 1.82. The molecule has 2 unspecified atom stereocenters. The molecule has 0 spiro atoms. The molecule has 2 amide bonds. The van der Waals surface area contributed by atoms with Crippen molar-refractivity contribution in [2.45, 2.75) is 71.4 Å². The molecule has 2 bridgehead atoms. The lowest BCUT2D eigenvalue weighted by molar-refractivity contribution is 0.0496. The maximum Gasteiger partial charge on any atom is 0.409 e. The van der Waals surface area contributed by atoms with Gasteiger partial charge in [-0.2, -0.15) is 5.10 Å². The zero-order chi connectivity index (χ0) is 25.8. The number of carbonyl (C=O) groups is 2.